The molecule has 4 aromatic rings. The number of nitrogens with one attached hydrogen (secondary N) is 3. The van der Waals surface area contributed by atoms with E-state index in [4.69, 9.17) is 9.40 Å². The van der Waals surface area contributed by atoms with Crippen molar-refractivity contribution < 1.29 is 14.3 Å². The molecule has 41 heavy (non-hydrogen) atoms. The Morgan fingerprint density at radius 1 is 1.12 bits per heavy atom. The molecule has 0 aliphatic carbocycles. The first-order valence-electron chi connectivity index (χ1n) is 13.9. The molecule has 3 atom stereocenters. The standard InChI is InChI=1S/C30H35N7O4/c1-16-10-20(15-31-24(16)18-11-21-8-9-30(13-18,29(3,4)5)37(21)28(39)40)34-26-32-14-17(2)25(36-26)33-19-6-7-23-22(12-19)35-27(38)41-23/h6-7,10,12,14-15,18,21H,8-9,11,13H2,1-5H3,(H,35,38)(H,39,40)(H2,32,33,34,36). The average molecular weight is 558 g/mol. The zero-order valence-electron chi connectivity index (χ0n) is 23.9. The molecule has 0 radical (unpaired) electrons. The fraction of sp³-hybridized carbons (Fsp3) is 0.433. The van der Waals surface area contributed by atoms with Crippen LogP contribution in [-0.2, 0) is 0 Å². The predicted octanol–water partition coefficient (Wildman–Crippen LogP) is 6.21. The van der Waals surface area contributed by atoms with Crippen molar-refractivity contribution in [1.82, 2.24) is 24.8 Å². The average Bonchev–Trinajstić information content (AvgIpc) is 3.39. The lowest BCUT2D eigenvalue weighted by Crippen LogP contribution is -2.60. The molecule has 11 nitrogen and oxygen atoms in total. The lowest BCUT2D eigenvalue weighted by atomic mass is 9.65. The highest BCUT2D eigenvalue weighted by atomic mass is 16.4. The number of hydrogen-bond donors (Lipinski definition) is 4. The second-order valence-electron chi connectivity index (χ2n) is 12.4. The van der Waals surface area contributed by atoms with Crippen LogP contribution in [0.5, 0.6) is 0 Å². The third kappa shape index (κ3) is 4.68. The molecular weight excluding hydrogens is 522 g/mol. The molecule has 2 bridgehead atoms. The predicted molar refractivity (Wildman–Crippen MR) is 156 cm³/mol. The summed E-state index contributed by atoms with van der Waals surface area (Å²) in [4.78, 5) is 42.2. The normalized spacial score (nSPS) is 22.2. The molecule has 0 spiro atoms. The number of aromatic nitrogens is 4. The highest BCUT2D eigenvalue weighted by Gasteiger charge is 2.59. The molecule has 3 unspecified atom stereocenters. The summed E-state index contributed by atoms with van der Waals surface area (Å²) in [6, 6.07) is 7.40. The fourth-order valence-electron chi connectivity index (χ4n) is 6.84. The lowest BCUT2D eigenvalue weighted by molar-refractivity contribution is -0.0214. The van der Waals surface area contributed by atoms with E-state index in [0.29, 0.717) is 22.9 Å². The number of benzene rings is 1. The first-order valence-corrected chi connectivity index (χ1v) is 13.9. The number of rotatable bonds is 5. The van der Waals surface area contributed by atoms with Crippen LogP contribution in [-0.4, -0.2) is 47.6 Å². The number of aryl methyl sites for hydroxylation is 2. The molecule has 2 saturated heterocycles. The van der Waals surface area contributed by atoms with Gasteiger partial charge in [0.1, 0.15) is 5.82 Å². The molecule has 2 aliphatic heterocycles. The smallest absolute Gasteiger partial charge is 0.417 e. The maximum atomic E-state index is 12.3. The van der Waals surface area contributed by atoms with Gasteiger partial charge in [0, 0.05) is 35.1 Å². The van der Waals surface area contributed by atoms with Gasteiger partial charge in [0.05, 0.1) is 22.9 Å². The number of carbonyl (C=O) groups is 1. The Morgan fingerprint density at radius 2 is 1.93 bits per heavy atom. The third-order valence-electron chi connectivity index (χ3n) is 8.88. The minimum absolute atomic E-state index is 0.0193. The molecule has 4 N–H and O–H groups in total. The SMILES string of the molecule is Cc1cnc(Nc2cnc(C3CC4CCC(C(C)(C)C)(C3)N4C(=O)O)c(C)c2)nc1Nc1ccc2oc(=O)[nH]c2c1. The van der Waals surface area contributed by atoms with Crippen LogP contribution in [0.15, 0.2) is 45.9 Å². The number of H-pyrrole nitrogens is 1. The Kier molecular flexibility index (Phi) is 6.28. The van der Waals surface area contributed by atoms with Crippen molar-refractivity contribution in [2.45, 2.75) is 77.8 Å². The van der Waals surface area contributed by atoms with Gasteiger partial charge in [-0.25, -0.2) is 14.6 Å². The van der Waals surface area contributed by atoms with Gasteiger partial charge in [-0.1, -0.05) is 20.8 Å². The molecule has 214 valence electrons. The number of piperidine rings is 1. The Morgan fingerprint density at radius 3 is 2.66 bits per heavy atom. The van der Waals surface area contributed by atoms with Gasteiger partial charge >= 0.3 is 11.8 Å². The van der Waals surface area contributed by atoms with Gasteiger partial charge in [-0.15, -0.1) is 0 Å². The summed E-state index contributed by atoms with van der Waals surface area (Å²) in [5, 5.41) is 16.6. The molecule has 5 heterocycles. The molecular formula is C30H35N7O4. The summed E-state index contributed by atoms with van der Waals surface area (Å²) >= 11 is 0. The summed E-state index contributed by atoms with van der Waals surface area (Å²) < 4.78 is 5.08. The maximum Gasteiger partial charge on any atom is 0.417 e. The first-order chi connectivity index (χ1) is 19.4. The summed E-state index contributed by atoms with van der Waals surface area (Å²) in [7, 11) is 0. The van der Waals surface area contributed by atoms with Crippen LogP contribution < -0.4 is 16.4 Å². The van der Waals surface area contributed by atoms with Crippen LogP contribution in [0.4, 0.5) is 27.9 Å². The van der Waals surface area contributed by atoms with E-state index in [9.17, 15) is 14.7 Å². The number of fused-ring (bicyclic) bond motifs is 3. The number of anilines is 4. The van der Waals surface area contributed by atoms with Crippen LogP contribution in [0.25, 0.3) is 11.1 Å². The molecule has 2 fully saturated rings. The van der Waals surface area contributed by atoms with Gasteiger partial charge in [-0.05, 0) is 74.8 Å². The maximum absolute atomic E-state index is 12.3. The molecule has 1 aromatic carbocycles. The third-order valence-corrected chi connectivity index (χ3v) is 8.88. The van der Waals surface area contributed by atoms with Crippen LogP contribution in [0.2, 0.25) is 0 Å². The monoisotopic (exact) mass is 557 g/mol. The van der Waals surface area contributed by atoms with Crippen molar-refractivity contribution in [3.05, 3.63) is 64.0 Å². The number of amides is 1. The van der Waals surface area contributed by atoms with Crippen molar-refractivity contribution in [1.29, 1.82) is 0 Å². The van der Waals surface area contributed by atoms with E-state index in [1.54, 1.807) is 29.4 Å². The second kappa shape index (κ2) is 9.60. The number of oxazole rings is 1. The molecule has 1 amide bonds. The van der Waals surface area contributed by atoms with E-state index >= 15 is 0 Å². The summed E-state index contributed by atoms with van der Waals surface area (Å²) in [5.74, 6) is 0.746. The van der Waals surface area contributed by atoms with Gasteiger partial charge in [0.25, 0.3) is 0 Å². The van der Waals surface area contributed by atoms with Gasteiger partial charge in [0.2, 0.25) is 5.95 Å². The minimum Gasteiger partial charge on any atom is -0.465 e. The van der Waals surface area contributed by atoms with E-state index in [1.165, 1.54) is 0 Å². The Labute approximate surface area is 237 Å². The second-order valence-corrected chi connectivity index (χ2v) is 12.4. The van der Waals surface area contributed by atoms with E-state index in [-0.39, 0.29) is 17.4 Å². The van der Waals surface area contributed by atoms with Crippen molar-refractivity contribution in [2.75, 3.05) is 10.6 Å². The van der Waals surface area contributed by atoms with E-state index in [1.807, 2.05) is 13.0 Å². The fourth-order valence-corrected chi connectivity index (χ4v) is 6.84. The Bertz CT molecular complexity index is 1710. The zero-order chi connectivity index (χ0) is 29.1. The van der Waals surface area contributed by atoms with Crippen LogP contribution in [0, 0.1) is 19.3 Å². The first kappa shape index (κ1) is 26.8. The van der Waals surface area contributed by atoms with Crippen LogP contribution >= 0.6 is 0 Å². The zero-order valence-corrected chi connectivity index (χ0v) is 23.9. The highest BCUT2D eigenvalue weighted by molar-refractivity contribution is 5.78. The van der Waals surface area contributed by atoms with Crippen molar-refractivity contribution >= 4 is 40.3 Å². The molecule has 0 saturated carbocycles. The van der Waals surface area contributed by atoms with Crippen molar-refractivity contribution in [2.24, 2.45) is 5.41 Å². The summed E-state index contributed by atoms with van der Waals surface area (Å²) in [6.07, 6.45) is 6.08. The number of nitrogens with zero attached hydrogens (tertiary/aromatic N) is 4. The number of aromatic amines is 1. The van der Waals surface area contributed by atoms with Crippen LogP contribution in [0.3, 0.4) is 0 Å². The Hall–Kier alpha value is -4.41. The van der Waals surface area contributed by atoms with Gasteiger partial charge in [-0.3, -0.25) is 14.9 Å². The van der Waals surface area contributed by atoms with Crippen molar-refractivity contribution in [3.63, 3.8) is 0 Å². The number of hydrogen-bond acceptors (Lipinski definition) is 8. The van der Waals surface area contributed by atoms with Gasteiger partial charge in [0.15, 0.2) is 5.58 Å². The highest BCUT2D eigenvalue weighted by Crippen LogP contribution is 2.56. The van der Waals surface area contributed by atoms with Gasteiger partial charge < -0.3 is 20.2 Å². The molecule has 6 rings (SSSR count). The molecule has 2 aliphatic rings. The minimum atomic E-state index is -0.811. The van der Waals surface area contributed by atoms with Gasteiger partial charge in [-0.2, -0.15) is 4.98 Å². The molecule has 3 aromatic heterocycles. The molecule has 11 heteroatoms. The van der Waals surface area contributed by atoms with E-state index in [2.05, 4.69) is 59.3 Å². The lowest BCUT2D eigenvalue weighted by Gasteiger charge is -2.53. The summed E-state index contributed by atoms with van der Waals surface area (Å²) in [6.45, 7) is 10.4. The van der Waals surface area contributed by atoms with E-state index in [0.717, 1.165) is 53.9 Å². The number of pyridine rings is 1. The largest absolute Gasteiger partial charge is 0.465 e. The summed E-state index contributed by atoms with van der Waals surface area (Å²) in [5.41, 5.74) is 4.98. The van der Waals surface area contributed by atoms with Crippen LogP contribution in [0.1, 0.15) is 69.2 Å². The quantitative estimate of drug-likeness (QED) is 0.224. The van der Waals surface area contributed by atoms with Crippen molar-refractivity contribution in [3.8, 4) is 0 Å². The Balaban J connectivity index is 1.21. The number of carboxylic acid groups (broad SMARTS) is 1. The topological polar surface area (TPSA) is 149 Å². The van der Waals surface area contributed by atoms with E-state index < -0.39 is 17.4 Å².